The van der Waals surface area contributed by atoms with E-state index in [1.807, 2.05) is 30.3 Å². The quantitative estimate of drug-likeness (QED) is 0.754. The van der Waals surface area contributed by atoms with Crippen LogP contribution in [0.25, 0.3) is 0 Å². The fourth-order valence-electron chi connectivity index (χ4n) is 2.18. The Balaban J connectivity index is 1.46. The molecule has 1 aliphatic heterocycles. The maximum atomic E-state index is 5.68. The van der Waals surface area contributed by atoms with Crippen LogP contribution in [-0.4, -0.2) is 32.4 Å². The van der Waals surface area contributed by atoms with Crippen LogP contribution >= 0.6 is 0 Å². The zero-order chi connectivity index (χ0) is 12.5. The van der Waals surface area contributed by atoms with E-state index in [4.69, 9.17) is 9.47 Å². The Labute approximate surface area is 109 Å². The molecule has 0 aliphatic carbocycles. The normalized spacial score (nSPS) is 19.7. The summed E-state index contributed by atoms with van der Waals surface area (Å²) in [5.74, 6) is 0.940. The Morgan fingerprint density at radius 3 is 2.83 bits per heavy atom. The average molecular weight is 249 g/mol. The molecule has 0 saturated carbocycles. The van der Waals surface area contributed by atoms with Crippen molar-refractivity contribution < 1.29 is 9.47 Å². The van der Waals surface area contributed by atoms with Gasteiger partial charge in [0.05, 0.1) is 6.10 Å². The van der Waals surface area contributed by atoms with Gasteiger partial charge in [0.25, 0.3) is 0 Å². The molecular formula is C15H23NO2. The van der Waals surface area contributed by atoms with Crippen LogP contribution in [0.5, 0.6) is 5.75 Å². The minimum Gasteiger partial charge on any atom is -0.492 e. The lowest BCUT2D eigenvalue weighted by molar-refractivity contribution is 0.0115. The lowest BCUT2D eigenvalue weighted by Crippen LogP contribution is -2.27. The van der Waals surface area contributed by atoms with Crippen molar-refractivity contribution in [1.82, 2.24) is 5.32 Å². The number of para-hydroxylation sites is 1. The van der Waals surface area contributed by atoms with Crippen LogP contribution in [0.1, 0.15) is 25.7 Å². The molecular weight excluding hydrogens is 226 g/mol. The molecule has 3 heteroatoms. The Morgan fingerprint density at radius 1 is 1.17 bits per heavy atom. The summed E-state index contributed by atoms with van der Waals surface area (Å²) in [6, 6.07) is 9.94. The highest BCUT2D eigenvalue weighted by Gasteiger charge is 2.12. The van der Waals surface area contributed by atoms with Crippen molar-refractivity contribution in [2.75, 3.05) is 26.3 Å². The summed E-state index contributed by atoms with van der Waals surface area (Å²) in [6.45, 7) is 3.57. The van der Waals surface area contributed by atoms with Gasteiger partial charge in [-0.3, -0.25) is 0 Å². The summed E-state index contributed by atoms with van der Waals surface area (Å²) < 4.78 is 11.3. The van der Waals surface area contributed by atoms with E-state index in [9.17, 15) is 0 Å². The number of rotatable bonds is 7. The second-order valence-corrected chi connectivity index (χ2v) is 4.69. The van der Waals surface area contributed by atoms with Gasteiger partial charge in [-0.05, 0) is 44.4 Å². The van der Waals surface area contributed by atoms with Gasteiger partial charge in [0.1, 0.15) is 12.4 Å². The highest BCUT2D eigenvalue weighted by molar-refractivity contribution is 5.20. The van der Waals surface area contributed by atoms with E-state index in [2.05, 4.69) is 5.32 Å². The van der Waals surface area contributed by atoms with Crippen LogP contribution in [0.4, 0.5) is 0 Å². The molecule has 0 radical (unpaired) electrons. The van der Waals surface area contributed by atoms with Crippen molar-refractivity contribution in [3.05, 3.63) is 30.3 Å². The monoisotopic (exact) mass is 249 g/mol. The van der Waals surface area contributed by atoms with Crippen molar-refractivity contribution in [3.63, 3.8) is 0 Å². The Hall–Kier alpha value is -1.06. The van der Waals surface area contributed by atoms with E-state index in [0.717, 1.165) is 38.5 Å². The van der Waals surface area contributed by atoms with Crippen molar-refractivity contribution in [3.8, 4) is 5.75 Å². The summed E-state index contributed by atoms with van der Waals surface area (Å²) in [4.78, 5) is 0. The maximum absolute atomic E-state index is 5.68. The van der Waals surface area contributed by atoms with Gasteiger partial charge in [-0.25, -0.2) is 0 Å². The molecule has 1 aliphatic rings. The number of nitrogens with one attached hydrogen (secondary N) is 1. The number of ether oxygens (including phenoxy) is 2. The van der Waals surface area contributed by atoms with Crippen molar-refractivity contribution in [2.24, 2.45) is 0 Å². The molecule has 100 valence electrons. The van der Waals surface area contributed by atoms with Gasteiger partial charge < -0.3 is 14.8 Å². The highest BCUT2D eigenvalue weighted by atomic mass is 16.5. The van der Waals surface area contributed by atoms with E-state index in [1.54, 1.807) is 0 Å². The Morgan fingerprint density at radius 2 is 2.06 bits per heavy atom. The standard InChI is InChI=1S/C15H23NO2/c1-2-6-14(7-3-1)18-13-11-16-10-9-15-8-4-5-12-17-15/h1-3,6-7,15-16H,4-5,8-13H2. The predicted molar refractivity (Wildman–Crippen MR) is 73.0 cm³/mol. The molecule has 18 heavy (non-hydrogen) atoms. The minimum absolute atomic E-state index is 0.473. The molecule has 1 unspecified atom stereocenters. The first-order valence-electron chi connectivity index (χ1n) is 6.95. The SMILES string of the molecule is c1ccc(OCCNCCC2CCCCO2)cc1. The molecule has 1 saturated heterocycles. The van der Waals surface area contributed by atoms with Crippen molar-refractivity contribution in [1.29, 1.82) is 0 Å². The molecule has 0 bridgehead atoms. The molecule has 0 spiro atoms. The lowest BCUT2D eigenvalue weighted by atomic mass is 10.1. The second-order valence-electron chi connectivity index (χ2n) is 4.69. The van der Waals surface area contributed by atoms with E-state index >= 15 is 0 Å². The first kappa shape index (κ1) is 13.4. The Kier molecular flexibility index (Phi) is 6.03. The third-order valence-electron chi connectivity index (χ3n) is 3.21. The average Bonchev–Trinajstić information content (AvgIpc) is 2.45. The third-order valence-corrected chi connectivity index (χ3v) is 3.21. The minimum atomic E-state index is 0.473. The second kappa shape index (κ2) is 8.11. The largest absolute Gasteiger partial charge is 0.492 e. The van der Waals surface area contributed by atoms with Crippen molar-refractivity contribution in [2.45, 2.75) is 31.8 Å². The maximum Gasteiger partial charge on any atom is 0.119 e. The highest BCUT2D eigenvalue weighted by Crippen LogP contribution is 2.14. The van der Waals surface area contributed by atoms with E-state index < -0.39 is 0 Å². The number of benzene rings is 1. The van der Waals surface area contributed by atoms with E-state index in [-0.39, 0.29) is 0 Å². The van der Waals surface area contributed by atoms with E-state index in [1.165, 1.54) is 19.3 Å². The fraction of sp³-hybridized carbons (Fsp3) is 0.600. The summed E-state index contributed by atoms with van der Waals surface area (Å²) in [6.07, 6.45) is 5.37. The fourth-order valence-corrected chi connectivity index (χ4v) is 2.18. The van der Waals surface area contributed by atoms with Gasteiger partial charge in [0.15, 0.2) is 0 Å². The zero-order valence-electron chi connectivity index (χ0n) is 10.9. The molecule has 1 fully saturated rings. The summed E-state index contributed by atoms with van der Waals surface area (Å²) >= 11 is 0. The lowest BCUT2D eigenvalue weighted by Gasteiger charge is -2.22. The van der Waals surface area contributed by atoms with Crippen LogP contribution in [0, 0.1) is 0 Å². The van der Waals surface area contributed by atoms with E-state index in [0.29, 0.717) is 6.10 Å². The molecule has 1 atom stereocenters. The number of hydrogen-bond acceptors (Lipinski definition) is 3. The van der Waals surface area contributed by atoms with Crippen LogP contribution < -0.4 is 10.1 Å². The first-order chi connectivity index (χ1) is 8.95. The smallest absolute Gasteiger partial charge is 0.119 e. The van der Waals surface area contributed by atoms with Crippen LogP contribution in [0.3, 0.4) is 0 Å². The molecule has 0 aromatic heterocycles. The molecule has 1 aromatic rings. The summed E-state index contributed by atoms with van der Waals surface area (Å²) in [7, 11) is 0. The molecule has 1 heterocycles. The third kappa shape index (κ3) is 5.07. The topological polar surface area (TPSA) is 30.5 Å². The predicted octanol–water partition coefficient (Wildman–Crippen LogP) is 2.61. The van der Waals surface area contributed by atoms with Crippen LogP contribution in [0.15, 0.2) is 30.3 Å². The molecule has 2 rings (SSSR count). The van der Waals surface area contributed by atoms with Crippen molar-refractivity contribution >= 4 is 0 Å². The molecule has 3 nitrogen and oxygen atoms in total. The van der Waals surface area contributed by atoms with Crippen LogP contribution in [-0.2, 0) is 4.74 Å². The molecule has 0 amide bonds. The first-order valence-corrected chi connectivity index (χ1v) is 6.95. The van der Waals surface area contributed by atoms with Gasteiger partial charge in [-0.1, -0.05) is 18.2 Å². The zero-order valence-corrected chi connectivity index (χ0v) is 10.9. The Bertz CT molecular complexity index is 310. The number of hydrogen-bond donors (Lipinski definition) is 1. The molecule has 1 aromatic carbocycles. The summed E-state index contributed by atoms with van der Waals surface area (Å²) in [5, 5.41) is 3.40. The summed E-state index contributed by atoms with van der Waals surface area (Å²) in [5.41, 5.74) is 0. The van der Waals surface area contributed by atoms with Gasteiger partial charge in [0, 0.05) is 13.2 Å². The van der Waals surface area contributed by atoms with Gasteiger partial charge in [-0.2, -0.15) is 0 Å². The van der Waals surface area contributed by atoms with Gasteiger partial charge in [-0.15, -0.1) is 0 Å². The van der Waals surface area contributed by atoms with Gasteiger partial charge >= 0.3 is 0 Å². The van der Waals surface area contributed by atoms with Crippen LogP contribution in [0.2, 0.25) is 0 Å². The molecule has 1 N–H and O–H groups in total. The van der Waals surface area contributed by atoms with Gasteiger partial charge in [0.2, 0.25) is 0 Å².